The molecule has 116 valence electrons. The first kappa shape index (κ1) is 16.9. The van der Waals surface area contributed by atoms with Crippen LogP contribution in [0.3, 0.4) is 0 Å². The van der Waals surface area contributed by atoms with Crippen molar-refractivity contribution in [3.8, 4) is 0 Å². The molecule has 1 heterocycles. The molecule has 2 amide bonds. The van der Waals surface area contributed by atoms with Gasteiger partial charge in [0.25, 0.3) is 5.91 Å². The van der Waals surface area contributed by atoms with Gasteiger partial charge in [0.15, 0.2) is 0 Å². The summed E-state index contributed by atoms with van der Waals surface area (Å²) in [7, 11) is 0. The van der Waals surface area contributed by atoms with Crippen LogP contribution >= 0.6 is 0 Å². The normalized spacial score (nSPS) is 10.2. The average Bonchev–Trinajstić information content (AvgIpc) is 2.46. The van der Waals surface area contributed by atoms with Gasteiger partial charge in [0.1, 0.15) is 5.82 Å². The zero-order valence-electron chi connectivity index (χ0n) is 12.3. The molecule has 21 heavy (non-hydrogen) atoms. The third-order valence-corrected chi connectivity index (χ3v) is 2.93. The minimum atomic E-state index is -0.321. The molecule has 0 spiro atoms. The lowest BCUT2D eigenvalue weighted by Crippen LogP contribution is -2.25. The van der Waals surface area contributed by atoms with Crippen molar-refractivity contribution in [2.75, 3.05) is 12.0 Å². The highest BCUT2D eigenvalue weighted by Crippen LogP contribution is 2.11. The number of nitrogens with zero attached hydrogens (tertiary/aromatic N) is 1. The summed E-state index contributed by atoms with van der Waals surface area (Å²) in [4.78, 5) is 26.9. The van der Waals surface area contributed by atoms with Crippen molar-refractivity contribution in [3.63, 3.8) is 0 Å². The second-order valence-electron chi connectivity index (χ2n) is 4.81. The van der Waals surface area contributed by atoms with E-state index in [-0.39, 0.29) is 11.8 Å². The number of unbranched alkanes of at least 4 members (excludes halogenated alkanes) is 1. The molecule has 0 aliphatic heterocycles. The molecule has 0 radical (unpaired) electrons. The van der Waals surface area contributed by atoms with Crippen LogP contribution in [0.25, 0.3) is 0 Å². The number of rotatable bonds is 9. The smallest absolute Gasteiger partial charge is 0.251 e. The minimum absolute atomic E-state index is 0.176. The predicted molar refractivity (Wildman–Crippen MR) is 81.4 cm³/mol. The Morgan fingerprint density at radius 3 is 2.67 bits per heavy atom. The first-order valence-corrected chi connectivity index (χ1v) is 7.11. The van der Waals surface area contributed by atoms with E-state index in [1.54, 1.807) is 12.1 Å². The number of hydrazine groups is 1. The number of primary amides is 1. The molecule has 0 unspecified atom stereocenters. The molecular formula is C14H23N5O2. The summed E-state index contributed by atoms with van der Waals surface area (Å²) in [6, 6.07) is 3.38. The molecule has 0 saturated carbocycles. The Hall–Kier alpha value is -2.15. The molecule has 1 rings (SSSR count). The number of nitrogens with two attached hydrogens (primary N) is 2. The van der Waals surface area contributed by atoms with Crippen LogP contribution in [0.15, 0.2) is 12.1 Å². The van der Waals surface area contributed by atoms with E-state index in [1.165, 1.54) is 0 Å². The summed E-state index contributed by atoms with van der Waals surface area (Å²) in [5.74, 6) is 5.34. The molecule has 0 fully saturated rings. The number of carbonyl (C=O) groups excluding carboxylic acids is 2. The fourth-order valence-corrected chi connectivity index (χ4v) is 1.91. The van der Waals surface area contributed by atoms with Crippen molar-refractivity contribution >= 4 is 17.6 Å². The summed E-state index contributed by atoms with van der Waals surface area (Å²) in [6.45, 7) is 2.55. The van der Waals surface area contributed by atoms with Gasteiger partial charge in [0, 0.05) is 24.2 Å². The van der Waals surface area contributed by atoms with E-state index < -0.39 is 0 Å². The average molecular weight is 293 g/mol. The SMILES string of the molecule is CCCc1cc(C(=O)NCCCCC(N)=O)cc(NN)n1. The molecule has 0 aliphatic rings. The molecule has 0 bridgehead atoms. The van der Waals surface area contributed by atoms with Gasteiger partial charge in [0.05, 0.1) is 0 Å². The summed E-state index contributed by atoms with van der Waals surface area (Å²) in [6.07, 6.45) is 3.45. The highest BCUT2D eigenvalue weighted by Gasteiger charge is 2.09. The van der Waals surface area contributed by atoms with E-state index in [2.05, 4.69) is 15.7 Å². The Morgan fingerprint density at radius 2 is 2.05 bits per heavy atom. The summed E-state index contributed by atoms with van der Waals surface area (Å²) >= 11 is 0. The van der Waals surface area contributed by atoms with Crippen molar-refractivity contribution in [2.45, 2.75) is 39.0 Å². The van der Waals surface area contributed by atoms with Crippen LogP contribution in [-0.4, -0.2) is 23.3 Å². The fourth-order valence-electron chi connectivity index (χ4n) is 1.91. The van der Waals surface area contributed by atoms with E-state index in [9.17, 15) is 9.59 Å². The van der Waals surface area contributed by atoms with Crippen molar-refractivity contribution in [1.82, 2.24) is 10.3 Å². The maximum atomic E-state index is 12.1. The third kappa shape index (κ3) is 6.22. The number of hydrogen-bond donors (Lipinski definition) is 4. The predicted octanol–water partition coefficient (Wildman–Crippen LogP) is 0.705. The second kappa shape index (κ2) is 8.91. The Balaban J connectivity index is 2.56. The lowest BCUT2D eigenvalue weighted by Gasteiger charge is -2.09. The van der Waals surface area contributed by atoms with E-state index in [0.29, 0.717) is 37.2 Å². The number of nitrogens with one attached hydrogen (secondary N) is 2. The fraction of sp³-hybridized carbons (Fsp3) is 0.500. The highest BCUT2D eigenvalue weighted by atomic mass is 16.2. The molecule has 1 aromatic rings. The van der Waals surface area contributed by atoms with E-state index in [1.807, 2.05) is 6.92 Å². The molecule has 0 saturated heterocycles. The lowest BCUT2D eigenvalue weighted by atomic mass is 10.1. The third-order valence-electron chi connectivity index (χ3n) is 2.93. The maximum Gasteiger partial charge on any atom is 0.251 e. The van der Waals surface area contributed by atoms with Crippen LogP contribution in [0.2, 0.25) is 0 Å². The Kier molecular flexibility index (Phi) is 7.17. The van der Waals surface area contributed by atoms with Crippen LogP contribution in [0, 0.1) is 0 Å². The van der Waals surface area contributed by atoms with Crippen molar-refractivity contribution in [2.24, 2.45) is 11.6 Å². The topological polar surface area (TPSA) is 123 Å². The molecule has 7 nitrogen and oxygen atoms in total. The van der Waals surface area contributed by atoms with Crippen LogP contribution in [0.4, 0.5) is 5.82 Å². The van der Waals surface area contributed by atoms with Crippen molar-refractivity contribution in [1.29, 1.82) is 0 Å². The Morgan fingerprint density at radius 1 is 1.29 bits per heavy atom. The Bertz CT molecular complexity index is 490. The minimum Gasteiger partial charge on any atom is -0.370 e. The van der Waals surface area contributed by atoms with Gasteiger partial charge < -0.3 is 16.5 Å². The number of amides is 2. The van der Waals surface area contributed by atoms with Gasteiger partial charge in [-0.3, -0.25) is 9.59 Å². The van der Waals surface area contributed by atoms with Crippen LogP contribution in [0.5, 0.6) is 0 Å². The summed E-state index contributed by atoms with van der Waals surface area (Å²) in [5.41, 5.74) is 8.87. The van der Waals surface area contributed by atoms with Gasteiger partial charge >= 0.3 is 0 Å². The van der Waals surface area contributed by atoms with Crippen LogP contribution in [-0.2, 0) is 11.2 Å². The molecular weight excluding hydrogens is 270 g/mol. The standard InChI is InChI=1S/C14H23N5O2/c1-2-5-11-8-10(9-13(18-11)19-16)14(21)17-7-4-3-6-12(15)20/h8-9H,2-7,16H2,1H3,(H2,15,20)(H,17,21)(H,18,19). The zero-order chi connectivity index (χ0) is 15.7. The van der Waals surface area contributed by atoms with Crippen molar-refractivity contribution in [3.05, 3.63) is 23.4 Å². The molecule has 0 atom stereocenters. The largest absolute Gasteiger partial charge is 0.370 e. The number of hydrogen-bond acceptors (Lipinski definition) is 5. The molecule has 0 aromatic carbocycles. The zero-order valence-corrected chi connectivity index (χ0v) is 12.3. The van der Waals surface area contributed by atoms with Gasteiger partial charge in [-0.2, -0.15) is 0 Å². The maximum absolute atomic E-state index is 12.1. The highest BCUT2D eigenvalue weighted by molar-refractivity contribution is 5.95. The number of aromatic nitrogens is 1. The number of pyridine rings is 1. The van der Waals surface area contributed by atoms with Crippen molar-refractivity contribution < 1.29 is 9.59 Å². The van der Waals surface area contributed by atoms with E-state index in [4.69, 9.17) is 11.6 Å². The summed E-state index contributed by atoms with van der Waals surface area (Å²) in [5, 5.41) is 2.81. The van der Waals surface area contributed by atoms with Crippen LogP contribution < -0.4 is 22.3 Å². The van der Waals surface area contributed by atoms with Gasteiger partial charge in [-0.05, 0) is 31.4 Å². The number of nitrogen functional groups attached to an aromatic ring is 1. The Labute approximate surface area is 124 Å². The van der Waals surface area contributed by atoms with Gasteiger partial charge in [-0.1, -0.05) is 13.3 Å². The first-order chi connectivity index (χ1) is 10.1. The lowest BCUT2D eigenvalue weighted by molar-refractivity contribution is -0.118. The van der Waals surface area contributed by atoms with E-state index in [0.717, 1.165) is 18.5 Å². The number of anilines is 1. The molecule has 0 aliphatic carbocycles. The second-order valence-corrected chi connectivity index (χ2v) is 4.81. The van der Waals surface area contributed by atoms with Gasteiger partial charge in [0.2, 0.25) is 5.91 Å². The first-order valence-electron chi connectivity index (χ1n) is 7.11. The van der Waals surface area contributed by atoms with Gasteiger partial charge in [-0.25, -0.2) is 10.8 Å². The molecule has 7 heteroatoms. The summed E-state index contributed by atoms with van der Waals surface area (Å²) < 4.78 is 0. The number of aryl methyl sites for hydroxylation is 1. The van der Waals surface area contributed by atoms with E-state index >= 15 is 0 Å². The number of carbonyl (C=O) groups is 2. The van der Waals surface area contributed by atoms with Gasteiger partial charge in [-0.15, -0.1) is 0 Å². The molecule has 1 aromatic heterocycles. The molecule has 6 N–H and O–H groups in total. The monoisotopic (exact) mass is 293 g/mol. The quantitative estimate of drug-likeness (QED) is 0.303. The van der Waals surface area contributed by atoms with Crippen LogP contribution in [0.1, 0.15) is 48.7 Å².